The predicted molar refractivity (Wildman–Crippen MR) is 173 cm³/mol. The molecule has 1 N–H and O–H groups in total. The fourth-order valence-corrected chi connectivity index (χ4v) is 7.47. The lowest BCUT2D eigenvalue weighted by Gasteiger charge is -2.33. The molecule has 1 aliphatic rings. The van der Waals surface area contributed by atoms with Gasteiger partial charge in [-0.2, -0.15) is 0 Å². The Hall–Kier alpha value is -3.37. The Morgan fingerprint density at radius 2 is 1.67 bits per heavy atom. The number of nitrogens with one attached hydrogen (secondary N) is 1. The van der Waals surface area contributed by atoms with Crippen molar-refractivity contribution in [3.63, 3.8) is 0 Å². The van der Waals surface area contributed by atoms with Crippen LogP contribution in [-0.2, 0) is 26.2 Å². The van der Waals surface area contributed by atoms with Crippen LogP contribution in [0.15, 0.2) is 76.1 Å². The van der Waals surface area contributed by atoms with Crippen molar-refractivity contribution >= 4 is 43.5 Å². The molecule has 10 heteroatoms. The fourth-order valence-electron chi connectivity index (χ4n) is 5.33. The summed E-state index contributed by atoms with van der Waals surface area (Å²) >= 11 is 3.38. The second kappa shape index (κ2) is 14.4. The summed E-state index contributed by atoms with van der Waals surface area (Å²) in [6, 6.07) is 18.5. The van der Waals surface area contributed by atoms with Gasteiger partial charge in [-0.3, -0.25) is 13.9 Å². The Kier molecular flexibility index (Phi) is 10.9. The molecule has 2 amide bonds. The topological polar surface area (TPSA) is 96.0 Å². The molecule has 8 nitrogen and oxygen atoms in total. The van der Waals surface area contributed by atoms with Gasteiger partial charge < -0.3 is 15.0 Å². The van der Waals surface area contributed by atoms with Crippen LogP contribution in [0.25, 0.3) is 0 Å². The molecule has 0 spiro atoms. The van der Waals surface area contributed by atoms with Crippen LogP contribution in [0.2, 0.25) is 0 Å². The number of nitrogens with zero attached hydrogens (tertiary/aromatic N) is 2. The molecular formula is C33H40BrN3O5S. The lowest BCUT2D eigenvalue weighted by molar-refractivity contribution is -0.139. The van der Waals surface area contributed by atoms with Gasteiger partial charge in [0.2, 0.25) is 11.8 Å². The average molecular weight is 671 g/mol. The van der Waals surface area contributed by atoms with E-state index in [-0.39, 0.29) is 23.4 Å². The smallest absolute Gasteiger partial charge is 0.264 e. The van der Waals surface area contributed by atoms with Crippen LogP contribution in [0.5, 0.6) is 5.75 Å². The number of aryl methyl sites for hydroxylation is 2. The van der Waals surface area contributed by atoms with Gasteiger partial charge in [-0.15, -0.1) is 0 Å². The highest BCUT2D eigenvalue weighted by Gasteiger charge is 2.33. The number of ether oxygens (including phenoxy) is 1. The van der Waals surface area contributed by atoms with E-state index in [2.05, 4.69) is 21.2 Å². The second-order valence-electron chi connectivity index (χ2n) is 11.2. The SMILES string of the molecule is COc1ccc(S(=O)(=O)N(CC(=O)N(Cc2cccc(C)c2)[C@H](C)C(=O)NC2CCCCC2)c2ccc(C)cc2)cc1Br. The number of hydrogen-bond acceptors (Lipinski definition) is 5. The normalized spacial score (nSPS) is 14.5. The van der Waals surface area contributed by atoms with Gasteiger partial charge in [-0.25, -0.2) is 8.42 Å². The van der Waals surface area contributed by atoms with E-state index in [4.69, 9.17) is 4.74 Å². The average Bonchev–Trinajstić information content (AvgIpc) is 2.99. The zero-order chi connectivity index (χ0) is 31.1. The number of amides is 2. The third-order valence-corrected chi connectivity index (χ3v) is 10.3. The number of hydrogen-bond donors (Lipinski definition) is 1. The van der Waals surface area contributed by atoms with Crippen LogP contribution in [0, 0.1) is 13.8 Å². The molecule has 0 aliphatic heterocycles. The van der Waals surface area contributed by atoms with Gasteiger partial charge in [0.15, 0.2) is 0 Å². The summed E-state index contributed by atoms with van der Waals surface area (Å²) in [4.78, 5) is 29.1. The van der Waals surface area contributed by atoms with Crippen molar-refractivity contribution in [2.45, 2.75) is 76.4 Å². The first kappa shape index (κ1) is 32.5. The fraction of sp³-hybridized carbons (Fsp3) is 0.394. The van der Waals surface area contributed by atoms with E-state index in [1.54, 1.807) is 37.3 Å². The molecule has 0 radical (unpaired) electrons. The number of methoxy groups -OCH3 is 1. The monoisotopic (exact) mass is 669 g/mol. The van der Waals surface area contributed by atoms with Gasteiger partial charge in [0.05, 0.1) is 22.2 Å². The van der Waals surface area contributed by atoms with Crippen LogP contribution in [0.1, 0.15) is 55.7 Å². The molecule has 0 saturated heterocycles. The first-order chi connectivity index (χ1) is 20.5. The van der Waals surface area contributed by atoms with E-state index in [0.29, 0.717) is 15.9 Å². The lowest BCUT2D eigenvalue weighted by atomic mass is 9.95. The van der Waals surface area contributed by atoms with Crippen molar-refractivity contribution in [1.82, 2.24) is 10.2 Å². The summed E-state index contributed by atoms with van der Waals surface area (Å²) in [6.07, 6.45) is 5.13. The largest absolute Gasteiger partial charge is 0.496 e. The van der Waals surface area contributed by atoms with Crippen molar-refractivity contribution in [2.75, 3.05) is 18.0 Å². The standard InChI is InChI=1S/C33H40BrN3O5S/c1-23-13-15-28(16-14-23)37(43(40,41)29-17-18-31(42-4)30(34)20-29)22-32(38)36(21-26-10-8-9-24(2)19-26)25(3)33(39)35-27-11-6-5-7-12-27/h8-10,13-20,25,27H,5-7,11-12,21-22H2,1-4H3,(H,35,39)/t25-/m1/s1. The van der Waals surface area contributed by atoms with Gasteiger partial charge in [0.1, 0.15) is 18.3 Å². The number of carbonyl (C=O) groups is 2. The minimum absolute atomic E-state index is 0.00174. The number of anilines is 1. The molecule has 1 aliphatic carbocycles. The van der Waals surface area contributed by atoms with Crippen molar-refractivity contribution in [1.29, 1.82) is 0 Å². The van der Waals surface area contributed by atoms with Crippen LogP contribution in [0.3, 0.4) is 0 Å². The molecular weight excluding hydrogens is 630 g/mol. The zero-order valence-corrected chi connectivity index (χ0v) is 27.6. The van der Waals surface area contributed by atoms with Crippen molar-refractivity contribution < 1.29 is 22.7 Å². The second-order valence-corrected chi connectivity index (χ2v) is 13.9. The van der Waals surface area contributed by atoms with Crippen molar-refractivity contribution in [3.8, 4) is 5.75 Å². The van der Waals surface area contributed by atoms with Crippen molar-refractivity contribution in [3.05, 3.63) is 87.9 Å². The molecule has 3 aromatic rings. The minimum atomic E-state index is -4.19. The summed E-state index contributed by atoms with van der Waals surface area (Å²) in [6.45, 7) is 5.26. The van der Waals surface area contributed by atoms with Gasteiger partial charge in [-0.05, 0) is 85.4 Å². The van der Waals surface area contributed by atoms with Crippen molar-refractivity contribution in [2.24, 2.45) is 0 Å². The van der Waals surface area contributed by atoms with Gasteiger partial charge >= 0.3 is 0 Å². The van der Waals surface area contributed by atoms with Gasteiger partial charge in [0.25, 0.3) is 10.0 Å². The molecule has 0 aromatic heterocycles. The Morgan fingerprint density at radius 3 is 2.30 bits per heavy atom. The Labute approximate surface area is 263 Å². The maximum Gasteiger partial charge on any atom is 0.264 e. The Morgan fingerprint density at radius 1 is 0.977 bits per heavy atom. The highest BCUT2D eigenvalue weighted by Crippen LogP contribution is 2.31. The summed E-state index contributed by atoms with van der Waals surface area (Å²) in [7, 11) is -2.69. The highest BCUT2D eigenvalue weighted by molar-refractivity contribution is 9.10. The summed E-state index contributed by atoms with van der Waals surface area (Å²) in [5.74, 6) is -0.236. The molecule has 4 rings (SSSR count). The number of halogens is 1. The summed E-state index contributed by atoms with van der Waals surface area (Å²) < 4.78 is 35.1. The molecule has 1 saturated carbocycles. The third-order valence-electron chi connectivity index (χ3n) is 7.87. The molecule has 43 heavy (non-hydrogen) atoms. The van der Waals surface area contributed by atoms with Crippen LogP contribution < -0.4 is 14.4 Å². The Bertz CT molecular complexity index is 1540. The predicted octanol–water partition coefficient (Wildman–Crippen LogP) is 6.14. The molecule has 1 fully saturated rings. The first-order valence-corrected chi connectivity index (χ1v) is 16.8. The quantitative estimate of drug-likeness (QED) is 0.265. The van der Waals surface area contributed by atoms with E-state index < -0.39 is 28.5 Å². The van der Waals surface area contributed by atoms with E-state index >= 15 is 0 Å². The first-order valence-electron chi connectivity index (χ1n) is 14.6. The number of sulfonamides is 1. The maximum atomic E-state index is 14.2. The molecule has 0 bridgehead atoms. The summed E-state index contributed by atoms with van der Waals surface area (Å²) in [5.41, 5.74) is 3.18. The number of benzene rings is 3. The maximum absolute atomic E-state index is 14.2. The third kappa shape index (κ3) is 8.17. The summed E-state index contributed by atoms with van der Waals surface area (Å²) in [5, 5.41) is 3.13. The van der Waals surface area contributed by atoms with E-state index in [1.165, 1.54) is 24.1 Å². The highest BCUT2D eigenvalue weighted by atomic mass is 79.9. The van der Waals surface area contributed by atoms with Crippen LogP contribution in [0.4, 0.5) is 5.69 Å². The number of carbonyl (C=O) groups excluding carboxylic acids is 2. The van der Waals surface area contributed by atoms with E-state index in [1.807, 2.05) is 38.1 Å². The Balaban J connectivity index is 1.69. The van der Waals surface area contributed by atoms with Gasteiger partial charge in [0, 0.05) is 12.6 Å². The zero-order valence-electron chi connectivity index (χ0n) is 25.2. The molecule has 3 aromatic carbocycles. The van der Waals surface area contributed by atoms with E-state index in [0.717, 1.165) is 53.1 Å². The minimum Gasteiger partial charge on any atom is -0.496 e. The molecule has 0 unspecified atom stereocenters. The van der Waals surface area contributed by atoms with Gasteiger partial charge in [-0.1, -0.05) is 66.8 Å². The van der Waals surface area contributed by atoms with E-state index in [9.17, 15) is 18.0 Å². The molecule has 230 valence electrons. The van der Waals surface area contributed by atoms with Crippen LogP contribution >= 0.6 is 15.9 Å². The lowest BCUT2D eigenvalue weighted by Crippen LogP contribution is -2.53. The number of rotatable bonds is 11. The van der Waals surface area contributed by atoms with Crippen LogP contribution in [-0.4, -0.2) is 50.9 Å². The molecule has 1 atom stereocenters. The molecule has 0 heterocycles.